The van der Waals surface area contributed by atoms with Crippen LogP contribution < -0.4 is 11.1 Å². The fraction of sp³-hybridized carbons (Fsp3) is 0.444. The SMILES string of the molecule is CN1N=C2CCN(C(=O)[C@@H](COCc3ccccc3)NC(=O)C(C)(C)N)CC2(Cc2ccccn2)C1=O.Cl.Cl. The third-order valence-corrected chi connectivity index (χ3v) is 6.71. The Balaban J connectivity index is 0.00000267. The first-order chi connectivity index (χ1) is 17.6. The van der Waals surface area contributed by atoms with E-state index in [9.17, 15) is 14.4 Å². The average molecular weight is 580 g/mol. The molecular weight excluding hydrogens is 543 g/mol. The third kappa shape index (κ3) is 7.33. The zero-order chi connectivity index (χ0) is 26.6. The number of fused-ring (bicyclic) bond motifs is 1. The Bertz CT molecular complexity index is 1180. The van der Waals surface area contributed by atoms with E-state index in [-0.39, 0.29) is 56.4 Å². The highest BCUT2D eigenvalue weighted by Gasteiger charge is 2.54. The second-order valence-corrected chi connectivity index (χ2v) is 10.2. The molecule has 3 N–H and O–H groups in total. The maximum atomic E-state index is 13.8. The van der Waals surface area contributed by atoms with Crippen molar-refractivity contribution in [2.24, 2.45) is 16.3 Å². The van der Waals surface area contributed by atoms with Crippen molar-refractivity contribution in [1.82, 2.24) is 20.2 Å². The van der Waals surface area contributed by atoms with E-state index in [2.05, 4.69) is 15.4 Å². The highest BCUT2D eigenvalue weighted by molar-refractivity contribution is 6.13. The number of nitrogens with one attached hydrogen (secondary N) is 1. The van der Waals surface area contributed by atoms with Gasteiger partial charge in [0.1, 0.15) is 11.5 Å². The van der Waals surface area contributed by atoms with Crippen molar-refractivity contribution < 1.29 is 19.1 Å². The molecule has 1 saturated heterocycles. The van der Waals surface area contributed by atoms with Gasteiger partial charge in [-0.2, -0.15) is 5.10 Å². The Morgan fingerprint density at radius 1 is 1.15 bits per heavy atom. The molecule has 0 aliphatic carbocycles. The highest BCUT2D eigenvalue weighted by Crippen LogP contribution is 2.38. The molecule has 0 saturated carbocycles. The molecular formula is C27H36Cl2N6O4. The first kappa shape index (κ1) is 32.2. The number of hydrazone groups is 1. The minimum absolute atomic E-state index is 0. The fourth-order valence-electron chi connectivity index (χ4n) is 4.69. The molecule has 1 unspecified atom stereocenters. The van der Waals surface area contributed by atoms with Crippen LogP contribution in [-0.4, -0.2) is 76.7 Å². The quantitative estimate of drug-likeness (QED) is 0.467. The summed E-state index contributed by atoms with van der Waals surface area (Å²) in [7, 11) is 1.63. The number of rotatable bonds is 9. The number of likely N-dealkylation sites (tertiary alicyclic amines) is 1. The predicted octanol–water partition coefficient (Wildman–Crippen LogP) is 1.95. The maximum absolute atomic E-state index is 13.8. The lowest BCUT2D eigenvalue weighted by molar-refractivity contribution is -0.143. The van der Waals surface area contributed by atoms with Crippen LogP contribution in [0.2, 0.25) is 0 Å². The van der Waals surface area contributed by atoms with E-state index in [0.29, 0.717) is 19.4 Å². The normalized spacial score (nSPS) is 19.3. The summed E-state index contributed by atoms with van der Waals surface area (Å²) in [4.78, 5) is 45.9. The van der Waals surface area contributed by atoms with E-state index in [1.807, 2.05) is 48.5 Å². The van der Waals surface area contributed by atoms with Gasteiger partial charge in [-0.25, -0.2) is 5.01 Å². The van der Waals surface area contributed by atoms with Gasteiger partial charge in [0, 0.05) is 44.9 Å². The van der Waals surface area contributed by atoms with Crippen LogP contribution in [0.5, 0.6) is 0 Å². The number of nitrogens with two attached hydrogens (primary N) is 1. The second-order valence-electron chi connectivity index (χ2n) is 10.2. The third-order valence-electron chi connectivity index (χ3n) is 6.71. The summed E-state index contributed by atoms with van der Waals surface area (Å²) in [5.74, 6) is -0.963. The van der Waals surface area contributed by atoms with Crippen molar-refractivity contribution in [1.29, 1.82) is 0 Å². The molecule has 3 amide bonds. The molecule has 39 heavy (non-hydrogen) atoms. The molecule has 12 heteroatoms. The number of piperidine rings is 1. The second kappa shape index (κ2) is 13.3. The minimum atomic E-state index is -1.18. The van der Waals surface area contributed by atoms with Gasteiger partial charge in [0.05, 0.1) is 24.5 Å². The van der Waals surface area contributed by atoms with E-state index >= 15 is 0 Å². The van der Waals surface area contributed by atoms with Crippen molar-refractivity contribution in [2.75, 3.05) is 26.7 Å². The van der Waals surface area contributed by atoms with Crippen LogP contribution >= 0.6 is 24.8 Å². The topological polar surface area (TPSA) is 130 Å². The largest absolute Gasteiger partial charge is 0.374 e. The van der Waals surface area contributed by atoms with Crippen LogP contribution in [0.4, 0.5) is 0 Å². The number of hydrogen-bond donors (Lipinski definition) is 2. The summed E-state index contributed by atoms with van der Waals surface area (Å²) in [5.41, 5.74) is 6.26. The molecule has 2 aliphatic heterocycles. The molecule has 2 aliphatic rings. The number of halogens is 2. The first-order valence-electron chi connectivity index (χ1n) is 12.4. The van der Waals surface area contributed by atoms with Gasteiger partial charge < -0.3 is 20.7 Å². The molecule has 2 aromatic rings. The maximum Gasteiger partial charge on any atom is 0.256 e. The van der Waals surface area contributed by atoms with E-state index in [1.54, 1.807) is 32.0 Å². The van der Waals surface area contributed by atoms with E-state index in [1.165, 1.54) is 5.01 Å². The van der Waals surface area contributed by atoms with Crippen LogP contribution in [0.15, 0.2) is 59.8 Å². The Kier molecular flexibility index (Phi) is 11.0. The molecule has 1 aromatic carbocycles. The van der Waals surface area contributed by atoms with Gasteiger partial charge in [0.25, 0.3) is 5.91 Å². The number of nitrogens with zero attached hydrogens (tertiary/aromatic N) is 4. The minimum Gasteiger partial charge on any atom is -0.374 e. The van der Waals surface area contributed by atoms with E-state index in [4.69, 9.17) is 10.5 Å². The standard InChI is InChI=1S/C27H34N6O4.2ClH/c1-26(2,28)24(35)30-21(17-37-16-19-9-5-4-6-10-19)23(34)33-14-12-22-27(18-33,25(36)32(3)31-22)15-20-11-7-8-13-29-20;;/h4-11,13,21H,12,14-18,28H2,1-3H3,(H,30,35);2*1H/t21-,27?;;/m1../s1. The molecule has 0 spiro atoms. The van der Waals surface area contributed by atoms with Crippen molar-refractivity contribution in [3.63, 3.8) is 0 Å². The number of carbonyl (C=O) groups excluding carboxylic acids is 3. The van der Waals surface area contributed by atoms with Gasteiger partial charge in [0.15, 0.2) is 0 Å². The lowest BCUT2D eigenvalue weighted by atomic mass is 9.74. The molecule has 0 radical (unpaired) electrons. The summed E-state index contributed by atoms with van der Waals surface area (Å²) >= 11 is 0. The molecule has 2 atom stereocenters. The number of aromatic nitrogens is 1. The van der Waals surface area contributed by atoms with Crippen molar-refractivity contribution in [3.8, 4) is 0 Å². The highest BCUT2D eigenvalue weighted by atomic mass is 35.5. The van der Waals surface area contributed by atoms with Gasteiger partial charge in [-0.3, -0.25) is 19.4 Å². The van der Waals surface area contributed by atoms with Crippen LogP contribution in [0.1, 0.15) is 31.5 Å². The Morgan fingerprint density at radius 3 is 2.49 bits per heavy atom. The summed E-state index contributed by atoms with van der Waals surface area (Å²) in [6.45, 7) is 3.92. The summed E-state index contributed by atoms with van der Waals surface area (Å²) in [5, 5.41) is 8.60. The van der Waals surface area contributed by atoms with Crippen LogP contribution in [0, 0.1) is 5.41 Å². The Morgan fingerprint density at radius 2 is 1.85 bits per heavy atom. The average Bonchev–Trinajstić information content (AvgIpc) is 3.12. The van der Waals surface area contributed by atoms with Crippen LogP contribution in [0.3, 0.4) is 0 Å². The molecule has 4 rings (SSSR count). The first-order valence-corrected chi connectivity index (χ1v) is 12.4. The molecule has 1 aromatic heterocycles. The van der Waals surface area contributed by atoms with Gasteiger partial charge in [-0.05, 0) is 31.5 Å². The zero-order valence-corrected chi connectivity index (χ0v) is 24.0. The van der Waals surface area contributed by atoms with Gasteiger partial charge in [0.2, 0.25) is 11.8 Å². The Labute approximate surface area is 241 Å². The number of pyridine rings is 1. The lowest BCUT2D eigenvalue weighted by Crippen LogP contribution is -2.61. The summed E-state index contributed by atoms with van der Waals surface area (Å²) in [6.07, 6.45) is 2.46. The van der Waals surface area contributed by atoms with Crippen molar-refractivity contribution in [3.05, 3.63) is 66.0 Å². The van der Waals surface area contributed by atoms with Crippen molar-refractivity contribution >= 4 is 48.2 Å². The predicted molar refractivity (Wildman–Crippen MR) is 153 cm³/mol. The molecule has 212 valence electrons. The number of ether oxygens (including phenoxy) is 1. The van der Waals surface area contributed by atoms with Crippen molar-refractivity contribution in [2.45, 2.75) is 44.9 Å². The summed E-state index contributed by atoms with van der Waals surface area (Å²) < 4.78 is 5.84. The smallest absolute Gasteiger partial charge is 0.256 e. The molecule has 1 fully saturated rings. The number of hydrogen-bond acceptors (Lipinski definition) is 7. The van der Waals surface area contributed by atoms with Crippen LogP contribution in [-0.2, 0) is 32.1 Å². The number of carbonyl (C=O) groups is 3. The molecule has 0 bridgehead atoms. The van der Waals surface area contributed by atoms with Gasteiger partial charge in [-0.1, -0.05) is 36.4 Å². The van der Waals surface area contributed by atoms with Gasteiger partial charge in [-0.15, -0.1) is 24.8 Å². The van der Waals surface area contributed by atoms with Crippen LogP contribution in [0.25, 0.3) is 0 Å². The number of amides is 3. The molecule has 3 heterocycles. The zero-order valence-electron chi connectivity index (χ0n) is 22.3. The van der Waals surface area contributed by atoms with Gasteiger partial charge >= 0.3 is 0 Å². The number of benzene rings is 1. The summed E-state index contributed by atoms with van der Waals surface area (Å²) in [6, 6.07) is 14.2. The Hall–Kier alpha value is -3.05. The monoisotopic (exact) mass is 578 g/mol. The molecule has 10 nitrogen and oxygen atoms in total. The lowest BCUT2D eigenvalue weighted by Gasteiger charge is -2.40. The van der Waals surface area contributed by atoms with E-state index < -0.39 is 22.9 Å². The van der Waals surface area contributed by atoms with E-state index in [0.717, 1.165) is 17.0 Å². The fourth-order valence-corrected chi connectivity index (χ4v) is 4.69.